The maximum Gasteiger partial charge on any atom is 0.315 e. The van der Waals surface area contributed by atoms with Crippen molar-refractivity contribution in [2.45, 2.75) is 25.9 Å². The molecule has 0 saturated carbocycles. The van der Waals surface area contributed by atoms with Crippen molar-refractivity contribution in [3.63, 3.8) is 0 Å². The lowest BCUT2D eigenvalue weighted by Gasteiger charge is -2.14. The van der Waals surface area contributed by atoms with E-state index in [2.05, 4.69) is 10.6 Å². The normalized spacial score (nSPS) is 15.0. The van der Waals surface area contributed by atoms with Gasteiger partial charge in [-0.05, 0) is 13.8 Å². The molecule has 0 aromatic heterocycles. The largest absolute Gasteiger partial charge is 0.394 e. The number of carbonyl (C=O) groups excluding carboxylic acids is 1. The average Bonchev–Trinajstić information content (AvgIpc) is 2.03. The minimum Gasteiger partial charge on any atom is -0.394 e. The van der Waals surface area contributed by atoms with E-state index in [1.807, 2.05) is 0 Å². The topological polar surface area (TPSA) is 81.6 Å². The predicted octanol–water partition coefficient (Wildman–Crippen LogP) is -0.953. The molecule has 2 unspecified atom stereocenters. The smallest absolute Gasteiger partial charge is 0.315 e. The second-order valence-corrected chi connectivity index (χ2v) is 2.79. The lowest BCUT2D eigenvalue weighted by molar-refractivity contribution is 0.207. The standard InChI is InChI=1S/C7H16N2O3/c1-5(3-10)8-7(12)9-6(2)4-11/h5-6,10-11H,3-4H2,1-2H3,(H2,8,9,12). The molecule has 0 rings (SSSR count). The van der Waals surface area contributed by atoms with Crippen LogP contribution >= 0.6 is 0 Å². The second-order valence-electron chi connectivity index (χ2n) is 2.79. The van der Waals surface area contributed by atoms with Crippen LogP contribution < -0.4 is 10.6 Å². The fourth-order valence-electron chi connectivity index (χ4n) is 0.581. The van der Waals surface area contributed by atoms with Gasteiger partial charge in [0.15, 0.2) is 0 Å². The minimum absolute atomic E-state index is 0.0963. The number of nitrogens with one attached hydrogen (secondary N) is 2. The predicted molar refractivity (Wildman–Crippen MR) is 44.8 cm³/mol. The average molecular weight is 176 g/mol. The molecule has 5 nitrogen and oxygen atoms in total. The summed E-state index contributed by atoms with van der Waals surface area (Å²) in [6, 6.07) is -0.912. The highest BCUT2D eigenvalue weighted by atomic mass is 16.3. The molecular formula is C7H16N2O3. The van der Waals surface area contributed by atoms with Crippen LogP contribution in [0, 0.1) is 0 Å². The summed E-state index contributed by atoms with van der Waals surface area (Å²) in [4.78, 5) is 10.9. The third-order valence-corrected chi connectivity index (χ3v) is 1.30. The highest BCUT2D eigenvalue weighted by Crippen LogP contribution is 1.81. The molecule has 0 bridgehead atoms. The Morgan fingerprint density at radius 2 is 1.50 bits per heavy atom. The van der Waals surface area contributed by atoms with Gasteiger partial charge < -0.3 is 20.8 Å². The van der Waals surface area contributed by atoms with Crippen LogP contribution in [-0.4, -0.2) is 41.5 Å². The number of hydrogen-bond donors (Lipinski definition) is 4. The van der Waals surface area contributed by atoms with E-state index in [1.54, 1.807) is 13.8 Å². The summed E-state index contributed by atoms with van der Waals surface area (Å²) < 4.78 is 0. The summed E-state index contributed by atoms with van der Waals surface area (Å²) in [5, 5.41) is 22.1. The molecule has 2 atom stereocenters. The van der Waals surface area contributed by atoms with E-state index in [0.29, 0.717) is 0 Å². The molecule has 0 spiro atoms. The monoisotopic (exact) mass is 176 g/mol. The molecule has 0 aliphatic heterocycles. The molecule has 12 heavy (non-hydrogen) atoms. The van der Waals surface area contributed by atoms with Crippen LogP contribution in [0.3, 0.4) is 0 Å². The van der Waals surface area contributed by atoms with Gasteiger partial charge in [-0.3, -0.25) is 0 Å². The Morgan fingerprint density at radius 3 is 1.75 bits per heavy atom. The van der Waals surface area contributed by atoms with Crippen LogP contribution in [0.4, 0.5) is 4.79 Å². The number of urea groups is 1. The molecule has 0 heterocycles. The highest BCUT2D eigenvalue weighted by molar-refractivity contribution is 5.74. The summed E-state index contributed by atoms with van der Waals surface area (Å²) in [6.07, 6.45) is 0. The number of aliphatic hydroxyl groups excluding tert-OH is 2. The van der Waals surface area contributed by atoms with Gasteiger partial charge in [-0.2, -0.15) is 0 Å². The van der Waals surface area contributed by atoms with Crippen molar-refractivity contribution in [1.29, 1.82) is 0 Å². The zero-order valence-electron chi connectivity index (χ0n) is 7.37. The second kappa shape index (κ2) is 5.79. The molecule has 72 valence electrons. The molecule has 0 aliphatic rings. The lowest BCUT2D eigenvalue weighted by atomic mass is 10.3. The maximum absolute atomic E-state index is 10.9. The summed E-state index contributed by atoms with van der Waals surface area (Å²) in [5.41, 5.74) is 0. The van der Waals surface area contributed by atoms with Crippen molar-refractivity contribution in [2.24, 2.45) is 0 Å². The molecule has 2 amide bonds. The Kier molecular flexibility index (Phi) is 5.40. The summed E-state index contributed by atoms with van der Waals surface area (Å²) in [6.45, 7) is 3.17. The van der Waals surface area contributed by atoms with Gasteiger partial charge in [0.25, 0.3) is 0 Å². The van der Waals surface area contributed by atoms with E-state index in [9.17, 15) is 4.79 Å². The maximum atomic E-state index is 10.9. The summed E-state index contributed by atoms with van der Waals surface area (Å²) in [5.74, 6) is 0. The fraction of sp³-hybridized carbons (Fsp3) is 0.857. The SMILES string of the molecule is CC(CO)NC(=O)NC(C)CO. The molecule has 0 radical (unpaired) electrons. The van der Waals surface area contributed by atoms with Crippen LogP contribution in [0.1, 0.15) is 13.8 Å². The first kappa shape index (κ1) is 11.2. The molecule has 0 aromatic carbocycles. The molecule has 0 aliphatic carbocycles. The van der Waals surface area contributed by atoms with Gasteiger partial charge in [-0.25, -0.2) is 4.79 Å². The zero-order chi connectivity index (χ0) is 9.56. The minimum atomic E-state index is -0.377. The van der Waals surface area contributed by atoms with E-state index in [1.165, 1.54) is 0 Å². The van der Waals surface area contributed by atoms with Crippen LogP contribution in [-0.2, 0) is 0 Å². The Balaban J connectivity index is 3.59. The van der Waals surface area contributed by atoms with Gasteiger partial charge in [0, 0.05) is 0 Å². The van der Waals surface area contributed by atoms with Gasteiger partial charge in [-0.15, -0.1) is 0 Å². The molecule has 5 heteroatoms. The van der Waals surface area contributed by atoms with Gasteiger partial charge in [0.1, 0.15) is 0 Å². The number of hydrogen-bond acceptors (Lipinski definition) is 3. The van der Waals surface area contributed by atoms with Gasteiger partial charge in [0.2, 0.25) is 0 Å². The third-order valence-electron chi connectivity index (χ3n) is 1.30. The Bertz CT molecular complexity index is 127. The van der Waals surface area contributed by atoms with Gasteiger partial charge in [-0.1, -0.05) is 0 Å². The molecular weight excluding hydrogens is 160 g/mol. The third kappa shape index (κ3) is 4.92. The number of aliphatic hydroxyl groups is 2. The van der Waals surface area contributed by atoms with Crippen molar-refractivity contribution in [1.82, 2.24) is 10.6 Å². The lowest BCUT2D eigenvalue weighted by Crippen LogP contribution is -2.46. The van der Waals surface area contributed by atoms with E-state index < -0.39 is 0 Å². The Labute approximate surface area is 71.8 Å². The molecule has 0 fully saturated rings. The fourth-order valence-corrected chi connectivity index (χ4v) is 0.581. The first-order valence-corrected chi connectivity index (χ1v) is 3.89. The highest BCUT2D eigenvalue weighted by Gasteiger charge is 2.07. The first-order chi connectivity index (χ1) is 5.60. The molecule has 0 aromatic rings. The van der Waals surface area contributed by atoms with Crippen LogP contribution in [0.5, 0.6) is 0 Å². The van der Waals surface area contributed by atoms with Crippen molar-refractivity contribution < 1.29 is 15.0 Å². The van der Waals surface area contributed by atoms with Crippen molar-refractivity contribution in [2.75, 3.05) is 13.2 Å². The van der Waals surface area contributed by atoms with Gasteiger partial charge in [0.05, 0.1) is 25.3 Å². The van der Waals surface area contributed by atoms with Crippen molar-refractivity contribution in [3.8, 4) is 0 Å². The van der Waals surface area contributed by atoms with Crippen molar-refractivity contribution in [3.05, 3.63) is 0 Å². The first-order valence-electron chi connectivity index (χ1n) is 3.89. The van der Waals surface area contributed by atoms with E-state index >= 15 is 0 Å². The number of carbonyl (C=O) groups is 1. The molecule has 0 saturated heterocycles. The Morgan fingerprint density at radius 1 is 1.17 bits per heavy atom. The summed E-state index contributed by atoms with van der Waals surface area (Å²) >= 11 is 0. The van der Waals surface area contributed by atoms with E-state index in [4.69, 9.17) is 10.2 Å². The zero-order valence-corrected chi connectivity index (χ0v) is 7.37. The van der Waals surface area contributed by atoms with Crippen LogP contribution in [0.15, 0.2) is 0 Å². The Hall–Kier alpha value is -0.810. The van der Waals surface area contributed by atoms with E-state index in [0.717, 1.165) is 0 Å². The number of rotatable bonds is 4. The van der Waals surface area contributed by atoms with Crippen LogP contribution in [0.25, 0.3) is 0 Å². The van der Waals surface area contributed by atoms with Crippen molar-refractivity contribution >= 4 is 6.03 Å². The summed E-state index contributed by atoms with van der Waals surface area (Å²) in [7, 11) is 0. The molecule has 4 N–H and O–H groups in total. The quantitative estimate of drug-likeness (QED) is 0.445. The van der Waals surface area contributed by atoms with Gasteiger partial charge >= 0.3 is 6.03 Å². The number of amides is 2. The van der Waals surface area contributed by atoms with E-state index in [-0.39, 0.29) is 31.3 Å². The van der Waals surface area contributed by atoms with Crippen LogP contribution in [0.2, 0.25) is 0 Å².